The van der Waals surface area contributed by atoms with Crippen molar-refractivity contribution in [1.29, 1.82) is 0 Å². The fourth-order valence-corrected chi connectivity index (χ4v) is 5.66. The molecule has 0 saturated heterocycles. The first-order chi connectivity index (χ1) is 23.0. The van der Waals surface area contributed by atoms with Gasteiger partial charge < -0.3 is 27.9 Å². The second-order valence-corrected chi connectivity index (χ2v) is 15.4. The molecule has 0 aliphatic carbocycles. The van der Waals surface area contributed by atoms with Gasteiger partial charge in [-0.3, -0.25) is 14.2 Å². The number of phosphoric ester groups is 1. The number of carbonyl (C=O) groups is 2. The molecular weight excluding hydrogens is 629 g/mol. The zero-order valence-corrected chi connectivity index (χ0v) is 32.3. The Morgan fingerprint density at radius 2 is 1.15 bits per heavy atom. The van der Waals surface area contributed by atoms with Crippen LogP contribution in [0.5, 0.6) is 0 Å². The van der Waals surface area contributed by atoms with Gasteiger partial charge in [-0.1, -0.05) is 128 Å². The second-order valence-electron chi connectivity index (χ2n) is 13.9. The molecule has 0 amide bonds. The molecule has 10 heteroatoms. The van der Waals surface area contributed by atoms with E-state index in [1.54, 1.807) is 0 Å². The van der Waals surface area contributed by atoms with Crippen LogP contribution in [0.25, 0.3) is 0 Å². The van der Waals surface area contributed by atoms with Crippen molar-refractivity contribution < 1.29 is 42.1 Å². The molecule has 0 fully saturated rings. The average molecular weight is 702 g/mol. The van der Waals surface area contributed by atoms with E-state index in [1.807, 2.05) is 21.1 Å². The zero-order valence-electron chi connectivity index (χ0n) is 31.4. The minimum Gasteiger partial charge on any atom is -0.756 e. The Hall–Kier alpha value is -1.51. The summed E-state index contributed by atoms with van der Waals surface area (Å²) < 4.78 is 33.6. The molecule has 0 aromatic carbocycles. The number of hydrogen-bond acceptors (Lipinski definition) is 8. The molecule has 0 bridgehead atoms. The van der Waals surface area contributed by atoms with Crippen molar-refractivity contribution in [3.63, 3.8) is 0 Å². The number of allylic oxidation sites excluding steroid dienone is 4. The lowest BCUT2D eigenvalue weighted by Crippen LogP contribution is -2.37. The minimum atomic E-state index is -4.62. The number of likely N-dealkylation sites (N-methyl/N-ethyl adjacent to an activating group) is 1. The van der Waals surface area contributed by atoms with Gasteiger partial charge in [-0.25, -0.2) is 0 Å². The third kappa shape index (κ3) is 34.4. The van der Waals surface area contributed by atoms with Crippen molar-refractivity contribution in [1.82, 2.24) is 0 Å². The summed E-state index contributed by atoms with van der Waals surface area (Å²) in [6.07, 6.45) is 31.0. The SMILES string of the molecule is CCCCCCCCCCC/C=C/C/C=C/CCCC(=O)OC[C@@H](COP(=O)([O-])OCC[N+](C)(C)C)OC(=O)CCCCCCCCC. The molecule has 0 aliphatic heterocycles. The molecule has 0 aromatic heterocycles. The molecule has 0 N–H and O–H groups in total. The van der Waals surface area contributed by atoms with Gasteiger partial charge in [0, 0.05) is 12.8 Å². The fraction of sp³-hybridized carbons (Fsp3) is 0.842. The Kier molecular flexibility index (Phi) is 30.5. The average Bonchev–Trinajstić information content (AvgIpc) is 3.02. The largest absolute Gasteiger partial charge is 0.756 e. The number of carbonyl (C=O) groups excluding carboxylic acids is 2. The summed E-state index contributed by atoms with van der Waals surface area (Å²) in [5, 5.41) is 0. The normalized spacial score (nSPS) is 14.0. The minimum absolute atomic E-state index is 0.0356. The Morgan fingerprint density at radius 1 is 0.646 bits per heavy atom. The smallest absolute Gasteiger partial charge is 0.306 e. The summed E-state index contributed by atoms with van der Waals surface area (Å²) in [5.41, 5.74) is 0. The van der Waals surface area contributed by atoms with Gasteiger partial charge in [-0.2, -0.15) is 0 Å². The van der Waals surface area contributed by atoms with Crippen LogP contribution in [0, 0.1) is 0 Å². The van der Waals surface area contributed by atoms with Gasteiger partial charge in [-0.05, 0) is 38.5 Å². The summed E-state index contributed by atoms with van der Waals surface area (Å²) in [7, 11) is 1.14. The van der Waals surface area contributed by atoms with Crippen LogP contribution < -0.4 is 4.89 Å². The van der Waals surface area contributed by atoms with Crippen molar-refractivity contribution in [2.75, 3.05) is 47.5 Å². The van der Waals surface area contributed by atoms with Gasteiger partial charge in [0.05, 0.1) is 27.7 Å². The summed E-state index contributed by atoms with van der Waals surface area (Å²) in [6, 6.07) is 0. The van der Waals surface area contributed by atoms with Crippen molar-refractivity contribution in [2.45, 2.75) is 161 Å². The zero-order chi connectivity index (χ0) is 35.8. The highest BCUT2D eigenvalue weighted by Crippen LogP contribution is 2.38. The highest BCUT2D eigenvalue weighted by Gasteiger charge is 2.21. The molecule has 0 aliphatic rings. The van der Waals surface area contributed by atoms with Gasteiger partial charge >= 0.3 is 11.9 Å². The van der Waals surface area contributed by atoms with Gasteiger partial charge in [0.2, 0.25) is 0 Å². The van der Waals surface area contributed by atoms with E-state index in [0.29, 0.717) is 23.9 Å². The first kappa shape index (κ1) is 46.5. The second kappa shape index (κ2) is 31.5. The van der Waals surface area contributed by atoms with E-state index < -0.39 is 32.5 Å². The van der Waals surface area contributed by atoms with E-state index in [2.05, 4.69) is 38.2 Å². The van der Waals surface area contributed by atoms with Crippen LogP contribution in [-0.2, 0) is 32.7 Å². The Bertz CT molecular complexity index is 886. The van der Waals surface area contributed by atoms with E-state index in [1.165, 1.54) is 77.0 Å². The van der Waals surface area contributed by atoms with Crippen LogP contribution in [-0.4, -0.2) is 70.0 Å². The first-order valence-electron chi connectivity index (χ1n) is 19.0. The van der Waals surface area contributed by atoms with E-state index in [0.717, 1.165) is 38.5 Å². The number of unbranched alkanes of at least 4 members (excludes halogenated alkanes) is 16. The Morgan fingerprint density at radius 3 is 1.71 bits per heavy atom. The fourth-order valence-electron chi connectivity index (χ4n) is 4.93. The standard InChI is InChI=1S/C38H72NO8P/c1-6-8-10-12-14-15-16-17-18-19-20-21-22-23-25-26-28-30-37(40)44-34-36(35-46-48(42,43)45-33-32-39(3,4)5)47-38(41)31-29-27-24-13-11-9-7-2/h20-21,23,25,36H,6-19,22,24,26-35H2,1-5H3/b21-20+,25-23+/t36-/m0/s1. The topological polar surface area (TPSA) is 111 Å². The van der Waals surface area contributed by atoms with E-state index in [-0.39, 0.29) is 26.1 Å². The number of quaternary nitrogens is 1. The predicted molar refractivity (Wildman–Crippen MR) is 194 cm³/mol. The third-order valence-corrected chi connectivity index (χ3v) is 8.94. The number of esters is 2. The molecule has 0 rings (SSSR count). The van der Waals surface area contributed by atoms with Crippen LogP contribution in [0.2, 0.25) is 0 Å². The Labute approximate surface area is 294 Å². The lowest BCUT2D eigenvalue weighted by Gasteiger charge is -2.28. The number of rotatable bonds is 34. The van der Waals surface area contributed by atoms with Crippen LogP contribution in [0.4, 0.5) is 0 Å². The quantitative estimate of drug-likeness (QED) is 0.0215. The first-order valence-corrected chi connectivity index (χ1v) is 20.5. The lowest BCUT2D eigenvalue weighted by atomic mass is 10.1. The molecule has 0 radical (unpaired) electrons. The highest BCUT2D eigenvalue weighted by atomic mass is 31.2. The van der Waals surface area contributed by atoms with Crippen molar-refractivity contribution in [3.8, 4) is 0 Å². The summed E-state index contributed by atoms with van der Waals surface area (Å²) in [4.78, 5) is 37.1. The maximum atomic E-state index is 12.5. The molecule has 0 spiro atoms. The third-order valence-electron chi connectivity index (χ3n) is 7.97. The van der Waals surface area contributed by atoms with E-state index >= 15 is 0 Å². The molecular formula is C38H72NO8P. The maximum absolute atomic E-state index is 12.5. The molecule has 0 heterocycles. The predicted octanol–water partition coefficient (Wildman–Crippen LogP) is 9.38. The molecule has 2 atom stereocenters. The van der Waals surface area contributed by atoms with Gasteiger partial charge in [0.15, 0.2) is 6.10 Å². The monoisotopic (exact) mass is 701 g/mol. The summed E-state index contributed by atoms with van der Waals surface area (Å²) >= 11 is 0. The maximum Gasteiger partial charge on any atom is 0.306 e. The number of phosphoric acid groups is 1. The summed E-state index contributed by atoms with van der Waals surface area (Å²) in [5.74, 6) is -0.894. The lowest BCUT2D eigenvalue weighted by molar-refractivity contribution is -0.870. The van der Waals surface area contributed by atoms with Crippen LogP contribution in [0.15, 0.2) is 24.3 Å². The van der Waals surface area contributed by atoms with Crippen LogP contribution in [0.1, 0.15) is 155 Å². The molecule has 282 valence electrons. The van der Waals surface area contributed by atoms with E-state index in [9.17, 15) is 19.0 Å². The van der Waals surface area contributed by atoms with Crippen molar-refractivity contribution in [2.24, 2.45) is 0 Å². The van der Waals surface area contributed by atoms with Crippen LogP contribution >= 0.6 is 7.82 Å². The van der Waals surface area contributed by atoms with Crippen LogP contribution in [0.3, 0.4) is 0 Å². The van der Waals surface area contributed by atoms with E-state index in [4.69, 9.17) is 18.5 Å². The van der Waals surface area contributed by atoms with Gasteiger partial charge in [-0.15, -0.1) is 0 Å². The highest BCUT2D eigenvalue weighted by molar-refractivity contribution is 7.45. The molecule has 0 aromatic rings. The molecule has 0 saturated carbocycles. The van der Waals surface area contributed by atoms with Crippen molar-refractivity contribution >= 4 is 19.8 Å². The van der Waals surface area contributed by atoms with Gasteiger partial charge in [0.1, 0.15) is 19.8 Å². The number of ether oxygens (including phenoxy) is 2. The number of nitrogens with zero attached hydrogens (tertiary/aromatic N) is 1. The van der Waals surface area contributed by atoms with Crippen molar-refractivity contribution in [3.05, 3.63) is 24.3 Å². The summed E-state index contributed by atoms with van der Waals surface area (Å²) in [6.45, 7) is 4.11. The molecule has 1 unspecified atom stereocenters. The van der Waals surface area contributed by atoms with Gasteiger partial charge in [0.25, 0.3) is 7.82 Å². The Balaban J connectivity index is 4.39. The number of hydrogen-bond donors (Lipinski definition) is 0. The molecule has 9 nitrogen and oxygen atoms in total. The molecule has 48 heavy (non-hydrogen) atoms.